The fourth-order valence-electron chi connectivity index (χ4n) is 2.25. The van der Waals surface area contributed by atoms with Gasteiger partial charge in [-0.25, -0.2) is 0 Å². The number of thioether (sulfide) groups is 1. The minimum Gasteiger partial charge on any atom is -0.300 e. The van der Waals surface area contributed by atoms with Crippen LogP contribution in [0.4, 0.5) is 5.13 Å². The number of nitrogens with one attached hydrogen (secondary N) is 1. The number of rotatable bonds is 7. The summed E-state index contributed by atoms with van der Waals surface area (Å²) in [5.41, 5.74) is 0.891. The van der Waals surface area contributed by atoms with E-state index in [2.05, 4.69) is 32.3 Å². The highest BCUT2D eigenvalue weighted by Crippen LogP contribution is 2.28. The summed E-state index contributed by atoms with van der Waals surface area (Å²) in [5, 5.41) is 21.3. The normalized spacial score (nSPS) is 12.0. The van der Waals surface area contributed by atoms with Crippen LogP contribution in [0.5, 0.6) is 0 Å². The Morgan fingerprint density at radius 1 is 1.33 bits per heavy atom. The molecule has 2 heterocycles. The molecule has 0 unspecified atom stereocenters. The molecule has 0 saturated heterocycles. The first-order valence-corrected chi connectivity index (χ1v) is 10.1. The van der Waals surface area contributed by atoms with Gasteiger partial charge in [0.1, 0.15) is 5.01 Å². The van der Waals surface area contributed by atoms with Gasteiger partial charge in [-0.15, -0.1) is 27.0 Å². The Labute approximate surface area is 169 Å². The fraction of sp³-hybridized carbons (Fsp3) is 0.235. The Kier molecular flexibility index (Phi) is 6.25. The van der Waals surface area contributed by atoms with Crippen LogP contribution in [0.2, 0.25) is 5.02 Å². The second kappa shape index (κ2) is 8.64. The number of halogens is 1. The van der Waals surface area contributed by atoms with Gasteiger partial charge in [0.05, 0.1) is 5.25 Å². The number of aryl methyl sites for hydroxylation is 1. The van der Waals surface area contributed by atoms with E-state index in [1.165, 1.54) is 23.1 Å². The molecular formula is C17H17ClN6OS2. The lowest BCUT2D eigenvalue weighted by Gasteiger charge is -2.11. The van der Waals surface area contributed by atoms with Crippen LogP contribution in [-0.2, 0) is 11.3 Å². The molecule has 140 valence electrons. The van der Waals surface area contributed by atoms with Crippen LogP contribution in [0.3, 0.4) is 0 Å². The first-order valence-electron chi connectivity index (χ1n) is 8.05. The summed E-state index contributed by atoms with van der Waals surface area (Å²) in [7, 11) is 0. The molecule has 0 aliphatic carbocycles. The van der Waals surface area contributed by atoms with Crippen molar-refractivity contribution in [3.8, 4) is 11.4 Å². The van der Waals surface area contributed by atoms with E-state index in [4.69, 9.17) is 11.6 Å². The van der Waals surface area contributed by atoms with Crippen LogP contribution in [0.25, 0.3) is 11.4 Å². The molecule has 10 heteroatoms. The average Bonchev–Trinajstić information content (AvgIpc) is 3.22. The van der Waals surface area contributed by atoms with E-state index in [0.717, 1.165) is 10.6 Å². The lowest BCUT2D eigenvalue weighted by atomic mass is 10.2. The van der Waals surface area contributed by atoms with Crippen molar-refractivity contribution in [2.45, 2.75) is 30.8 Å². The third kappa shape index (κ3) is 4.74. The van der Waals surface area contributed by atoms with Crippen LogP contribution < -0.4 is 5.32 Å². The van der Waals surface area contributed by atoms with E-state index in [-0.39, 0.29) is 11.2 Å². The van der Waals surface area contributed by atoms with E-state index >= 15 is 0 Å². The Balaban J connectivity index is 1.78. The van der Waals surface area contributed by atoms with Crippen LogP contribution in [0.15, 0.2) is 42.1 Å². The highest BCUT2D eigenvalue weighted by atomic mass is 35.5. The second-order valence-electron chi connectivity index (χ2n) is 5.59. The van der Waals surface area contributed by atoms with Crippen molar-refractivity contribution in [3.05, 3.63) is 47.0 Å². The number of nitrogens with zero attached hydrogens (tertiary/aromatic N) is 5. The molecule has 27 heavy (non-hydrogen) atoms. The van der Waals surface area contributed by atoms with E-state index < -0.39 is 0 Å². The van der Waals surface area contributed by atoms with E-state index in [9.17, 15) is 4.79 Å². The average molecular weight is 421 g/mol. The number of anilines is 1. The molecule has 0 saturated carbocycles. The van der Waals surface area contributed by atoms with Crippen LogP contribution >= 0.6 is 34.7 Å². The lowest BCUT2D eigenvalue weighted by molar-refractivity contribution is -0.115. The Morgan fingerprint density at radius 3 is 2.70 bits per heavy atom. The second-order valence-corrected chi connectivity index (χ2v) is 8.51. The molecule has 7 nitrogen and oxygen atoms in total. The van der Waals surface area contributed by atoms with Gasteiger partial charge in [-0.1, -0.05) is 40.8 Å². The monoisotopic (exact) mass is 420 g/mol. The highest BCUT2D eigenvalue weighted by Gasteiger charge is 2.21. The maximum atomic E-state index is 12.4. The zero-order valence-corrected chi connectivity index (χ0v) is 17.1. The number of carbonyl (C=O) groups excluding carboxylic acids is 1. The number of carbonyl (C=O) groups is 1. The zero-order chi connectivity index (χ0) is 19.4. The predicted octanol–water partition coefficient (Wildman–Crippen LogP) is 4.06. The predicted molar refractivity (Wildman–Crippen MR) is 109 cm³/mol. The third-order valence-corrected chi connectivity index (χ3v) is 5.63. The summed E-state index contributed by atoms with van der Waals surface area (Å²) in [6.45, 7) is 7.97. The number of allylic oxidation sites excluding steroid dienone is 1. The summed E-state index contributed by atoms with van der Waals surface area (Å²) in [4.78, 5) is 12.4. The summed E-state index contributed by atoms with van der Waals surface area (Å²) >= 11 is 8.62. The van der Waals surface area contributed by atoms with Gasteiger partial charge in [0.15, 0.2) is 11.0 Å². The molecule has 0 bridgehead atoms. The van der Waals surface area contributed by atoms with Crippen molar-refractivity contribution in [1.82, 2.24) is 25.0 Å². The molecule has 1 atom stereocenters. The number of amides is 1. The molecule has 1 N–H and O–H groups in total. The lowest BCUT2D eigenvalue weighted by Crippen LogP contribution is -2.22. The van der Waals surface area contributed by atoms with Gasteiger partial charge in [-0.05, 0) is 38.1 Å². The van der Waals surface area contributed by atoms with Gasteiger partial charge in [0.25, 0.3) is 0 Å². The van der Waals surface area contributed by atoms with Crippen molar-refractivity contribution in [3.63, 3.8) is 0 Å². The van der Waals surface area contributed by atoms with E-state index in [1.54, 1.807) is 18.2 Å². The van der Waals surface area contributed by atoms with Gasteiger partial charge in [-0.2, -0.15) is 0 Å². The highest BCUT2D eigenvalue weighted by molar-refractivity contribution is 8.00. The molecule has 0 aliphatic heterocycles. The third-order valence-electron chi connectivity index (χ3n) is 3.54. The number of hydrogen-bond donors (Lipinski definition) is 1. The molecule has 0 fully saturated rings. The van der Waals surface area contributed by atoms with Crippen molar-refractivity contribution < 1.29 is 4.79 Å². The Morgan fingerprint density at radius 2 is 2.07 bits per heavy atom. The largest absolute Gasteiger partial charge is 0.300 e. The minimum absolute atomic E-state index is 0.169. The number of benzene rings is 1. The standard InChI is InChI=1S/C17H17ClN6OS2/c1-4-9-24-14(12-5-7-13(18)8-6-12)21-23-17(24)26-10(2)15(25)19-16-22-20-11(3)27-16/h4-8,10H,1,9H2,2-3H3,(H,19,22,25)/t10-/m1/s1. The maximum Gasteiger partial charge on any atom is 0.239 e. The SMILES string of the molecule is C=CCn1c(S[C@H](C)C(=O)Nc2nnc(C)s2)nnc1-c1ccc(Cl)cc1. The summed E-state index contributed by atoms with van der Waals surface area (Å²) in [5.74, 6) is 0.527. The molecular weight excluding hydrogens is 404 g/mol. The van der Waals surface area contributed by atoms with Gasteiger partial charge in [0, 0.05) is 17.1 Å². The van der Waals surface area contributed by atoms with E-state index in [1.807, 2.05) is 30.5 Å². The minimum atomic E-state index is -0.389. The summed E-state index contributed by atoms with van der Waals surface area (Å²) < 4.78 is 1.92. The molecule has 0 aliphatic rings. The maximum absolute atomic E-state index is 12.4. The fourth-order valence-corrected chi connectivity index (χ4v) is 3.83. The van der Waals surface area contributed by atoms with Crippen molar-refractivity contribution in [1.29, 1.82) is 0 Å². The molecule has 1 aromatic carbocycles. The number of hydrogen-bond acceptors (Lipinski definition) is 7. The molecule has 0 radical (unpaired) electrons. The summed E-state index contributed by atoms with van der Waals surface area (Å²) in [6, 6.07) is 7.37. The van der Waals surface area contributed by atoms with E-state index in [0.29, 0.717) is 27.7 Å². The molecule has 1 amide bonds. The van der Waals surface area contributed by atoms with Gasteiger partial charge < -0.3 is 0 Å². The first-order chi connectivity index (χ1) is 13.0. The topological polar surface area (TPSA) is 85.6 Å². The molecule has 3 rings (SSSR count). The zero-order valence-electron chi connectivity index (χ0n) is 14.7. The quantitative estimate of drug-likeness (QED) is 0.458. The first kappa shape index (κ1) is 19.5. The Hall–Kier alpha value is -2.23. The molecule has 2 aromatic heterocycles. The van der Waals surface area contributed by atoms with Crippen molar-refractivity contribution >= 4 is 45.7 Å². The van der Waals surface area contributed by atoms with Gasteiger partial charge in [0.2, 0.25) is 11.0 Å². The smallest absolute Gasteiger partial charge is 0.239 e. The van der Waals surface area contributed by atoms with Crippen LogP contribution in [0, 0.1) is 6.92 Å². The van der Waals surface area contributed by atoms with Crippen LogP contribution in [0.1, 0.15) is 11.9 Å². The van der Waals surface area contributed by atoms with Crippen molar-refractivity contribution in [2.75, 3.05) is 5.32 Å². The molecule has 0 spiro atoms. The van der Waals surface area contributed by atoms with Crippen LogP contribution in [-0.4, -0.2) is 36.1 Å². The van der Waals surface area contributed by atoms with Gasteiger partial charge >= 0.3 is 0 Å². The number of aromatic nitrogens is 5. The summed E-state index contributed by atoms with van der Waals surface area (Å²) in [6.07, 6.45) is 1.77. The van der Waals surface area contributed by atoms with Crippen molar-refractivity contribution in [2.24, 2.45) is 0 Å². The Bertz CT molecular complexity index is 953. The van der Waals surface area contributed by atoms with Gasteiger partial charge in [-0.3, -0.25) is 14.7 Å². The molecule has 3 aromatic rings.